The molecule has 80 valence electrons. The molecule has 1 N–H and O–H groups in total. The van der Waals surface area contributed by atoms with E-state index in [0.29, 0.717) is 5.95 Å². The lowest BCUT2D eigenvalue weighted by Crippen LogP contribution is -2.06. The van der Waals surface area contributed by atoms with E-state index in [2.05, 4.69) is 35.4 Å². The van der Waals surface area contributed by atoms with Crippen LogP contribution < -0.4 is 5.32 Å². The Bertz CT molecular complexity index is 318. The van der Waals surface area contributed by atoms with Crippen molar-refractivity contribution in [3.05, 3.63) is 30.6 Å². The predicted octanol–water partition coefficient (Wildman–Crippen LogP) is 2.97. The van der Waals surface area contributed by atoms with Crippen molar-refractivity contribution >= 4 is 18.1 Å². The van der Waals surface area contributed by atoms with Gasteiger partial charge in [0.1, 0.15) is 0 Å². The van der Waals surface area contributed by atoms with Crippen LogP contribution in [0.3, 0.4) is 0 Å². The minimum Gasteiger partial charge on any atom is -0.354 e. The predicted molar refractivity (Wildman–Crippen MR) is 65.6 cm³/mol. The van der Waals surface area contributed by atoms with Gasteiger partial charge in [-0.05, 0) is 24.6 Å². The summed E-state index contributed by atoms with van der Waals surface area (Å²) in [5.41, 5.74) is 1.64. The molecule has 0 aliphatic carbocycles. The van der Waals surface area contributed by atoms with Crippen LogP contribution >= 0.6 is 0 Å². The minimum atomic E-state index is 0.649. The summed E-state index contributed by atoms with van der Waals surface area (Å²) in [6.07, 6.45) is 5.69. The van der Waals surface area contributed by atoms with Crippen LogP contribution in [0.15, 0.2) is 19.2 Å². The molecule has 15 heavy (non-hydrogen) atoms. The maximum atomic E-state index is 4.28. The second-order valence-electron chi connectivity index (χ2n) is 3.23. The number of unbranched alkanes of at least 4 members (excludes halogenated alkanes) is 1. The Labute approximate surface area is 91.0 Å². The second kappa shape index (κ2) is 5.96. The third-order valence-corrected chi connectivity index (χ3v) is 2.00. The van der Waals surface area contributed by atoms with E-state index in [1.807, 2.05) is 6.07 Å². The summed E-state index contributed by atoms with van der Waals surface area (Å²) in [7, 11) is 0. The zero-order chi connectivity index (χ0) is 11.1. The van der Waals surface area contributed by atoms with Gasteiger partial charge in [-0.3, -0.25) is 0 Å². The minimum absolute atomic E-state index is 0.649. The van der Waals surface area contributed by atoms with Gasteiger partial charge in [-0.1, -0.05) is 26.5 Å². The van der Waals surface area contributed by atoms with Crippen molar-refractivity contribution in [1.82, 2.24) is 9.97 Å². The number of aromatic nitrogens is 2. The maximum absolute atomic E-state index is 4.28. The van der Waals surface area contributed by atoms with E-state index in [4.69, 9.17) is 0 Å². The van der Waals surface area contributed by atoms with E-state index in [1.54, 1.807) is 12.2 Å². The van der Waals surface area contributed by atoms with Crippen LogP contribution in [0.4, 0.5) is 5.95 Å². The molecule has 0 spiro atoms. The van der Waals surface area contributed by atoms with Crippen molar-refractivity contribution in [3.63, 3.8) is 0 Å². The van der Waals surface area contributed by atoms with Gasteiger partial charge in [0.25, 0.3) is 0 Å². The van der Waals surface area contributed by atoms with Crippen LogP contribution in [0, 0.1) is 0 Å². The Kier molecular flexibility index (Phi) is 4.54. The first kappa shape index (κ1) is 11.4. The van der Waals surface area contributed by atoms with Gasteiger partial charge in [0, 0.05) is 6.54 Å². The third kappa shape index (κ3) is 3.54. The van der Waals surface area contributed by atoms with Crippen molar-refractivity contribution in [2.24, 2.45) is 0 Å². The van der Waals surface area contributed by atoms with E-state index in [1.165, 1.54) is 0 Å². The molecule has 0 aliphatic rings. The summed E-state index contributed by atoms with van der Waals surface area (Å²) in [4.78, 5) is 8.57. The standard InChI is InChI=1S/C12H17N3/c1-4-7-8-13-12-14-10(5-2)9-11(6-3)15-12/h5-6,9H,2-4,7-8H2,1H3,(H,13,14,15). The van der Waals surface area contributed by atoms with Crippen molar-refractivity contribution < 1.29 is 0 Å². The highest BCUT2D eigenvalue weighted by molar-refractivity contribution is 5.52. The summed E-state index contributed by atoms with van der Waals surface area (Å²) >= 11 is 0. The van der Waals surface area contributed by atoms with Crippen LogP contribution in [0.2, 0.25) is 0 Å². The quantitative estimate of drug-likeness (QED) is 0.722. The zero-order valence-electron chi connectivity index (χ0n) is 9.16. The van der Waals surface area contributed by atoms with E-state index < -0.39 is 0 Å². The van der Waals surface area contributed by atoms with Crippen LogP contribution in [-0.2, 0) is 0 Å². The zero-order valence-corrected chi connectivity index (χ0v) is 9.16. The fourth-order valence-corrected chi connectivity index (χ4v) is 1.15. The Hall–Kier alpha value is -1.64. The number of nitrogens with zero attached hydrogens (tertiary/aromatic N) is 2. The van der Waals surface area contributed by atoms with E-state index in [0.717, 1.165) is 30.8 Å². The molecule has 0 amide bonds. The summed E-state index contributed by atoms with van der Waals surface area (Å²) in [6, 6.07) is 1.85. The van der Waals surface area contributed by atoms with Gasteiger partial charge in [-0.25, -0.2) is 9.97 Å². The molecular weight excluding hydrogens is 186 g/mol. The molecule has 0 bridgehead atoms. The number of rotatable bonds is 6. The highest BCUT2D eigenvalue weighted by Gasteiger charge is 1.99. The molecule has 3 nitrogen and oxygen atoms in total. The molecule has 1 aromatic rings. The number of hydrogen-bond acceptors (Lipinski definition) is 3. The van der Waals surface area contributed by atoms with Crippen molar-refractivity contribution in [2.75, 3.05) is 11.9 Å². The summed E-state index contributed by atoms with van der Waals surface area (Å²) in [5.74, 6) is 0.649. The Morgan fingerprint density at radius 3 is 2.33 bits per heavy atom. The van der Waals surface area contributed by atoms with Gasteiger partial charge in [0.05, 0.1) is 11.4 Å². The molecule has 0 saturated carbocycles. The highest BCUT2D eigenvalue weighted by Crippen LogP contribution is 2.07. The Morgan fingerprint density at radius 2 is 1.87 bits per heavy atom. The van der Waals surface area contributed by atoms with Crippen molar-refractivity contribution in [1.29, 1.82) is 0 Å². The highest BCUT2D eigenvalue weighted by atomic mass is 15.1. The second-order valence-corrected chi connectivity index (χ2v) is 3.23. The number of hydrogen-bond donors (Lipinski definition) is 1. The fourth-order valence-electron chi connectivity index (χ4n) is 1.15. The molecule has 0 unspecified atom stereocenters. The Morgan fingerprint density at radius 1 is 1.27 bits per heavy atom. The molecule has 0 aliphatic heterocycles. The van der Waals surface area contributed by atoms with Crippen LogP contribution in [0.1, 0.15) is 31.2 Å². The fraction of sp³-hybridized carbons (Fsp3) is 0.333. The van der Waals surface area contributed by atoms with Crippen LogP contribution in [0.25, 0.3) is 12.2 Å². The molecule has 1 rings (SSSR count). The van der Waals surface area contributed by atoms with E-state index in [-0.39, 0.29) is 0 Å². The first-order chi connectivity index (χ1) is 7.30. The van der Waals surface area contributed by atoms with Gasteiger partial charge in [-0.2, -0.15) is 0 Å². The van der Waals surface area contributed by atoms with Crippen molar-refractivity contribution in [3.8, 4) is 0 Å². The average Bonchev–Trinajstić information content (AvgIpc) is 2.29. The largest absolute Gasteiger partial charge is 0.354 e. The SMILES string of the molecule is C=Cc1cc(C=C)nc(NCCCC)n1. The first-order valence-corrected chi connectivity index (χ1v) is 5.18. The average molecular weight is 203 g/mol. The molecular formula is C12H17N3. The molecule has 0 fully saturated rings. The van der Waals surface area contributed by atoms with Crippen LogP contribution in [0.5, 0.6) is 0 Å². The maximum Gasteiger partial charge on any atom is 0.223 e. The summed E-state index contributed by atoms with van der Waals surface area (Å²) in [5, 5.41) is 3.18. The molecule has 0 atom stereocenters. The molecule has 0 saturated heterocycles. The van der Waals surface area contributed by atoms with Crippen molar-refractivity contribution in [2.45, 2.75) is 19.8 Å². The molecule has 1 aromatic heterocycles. The number of nitrogens with one attached hydrogen (secondary N) is 1. The molecule has 0 radical (unpaired) electrons. The van der Waals surface area contributed by atoms with Gasteiger partial charge in [0.2, 0.25) is 5.95 Å². The van der Waals surface area contributed by atoms with Gasteiger partial charge in [-0.15, -0.1) is 0 Å². The normalized spacial score (nSPS) is 9.67. The summed E-state index contributed by atoms with van der Waals surface area (Å²) in [6.45, 7) is 10.4. The topological polar surface area (TPSA) is 37.8 Å². The molecule has 3 heteroatoms. The Balaban J connectivity index is 2.77. The van der Waals surface area contributed by atoms with E-state index >= 15 is 0 Å². The summed E-state index contributed by atoms with van der Waals surface area (Å²) < 4.78 is 0. The monoisotopic (exact) mass is 203 g/mol. The van der Waals surface area contributed by atoms with Gasteiger partial charge < -0.3 is 5.32 Å². The lowest BCUT2D eigenvalue weighted by atomic mass is 10.3. The lowest BCUT2D eigenvalue weighted by molar-refractivity contribution is 0.825. The molecule has 0 aromatic carbocycles. The molecule has 1 heterocycles. The van der Waals surface area contributed by atoms with Crippen LogP contribution in [-0.4, -0.2) is 16.5 Å². The number of anilines is 1. The van der Waals surface area contributed by atoms with Gasteiger partial charge in [0.15, 0.2) is 0 Å². The smallest absolute Gasteiger partial charge is 0.223 e. The lowest BCUT2D eigenvalue weighted by Gasteiger charge is -2.05. The van der Waals surface area contributed by atoms with Gasteiger partial charge >= 0.3 is 0 Å². The third-order valence-electron chi connectivity index (χ3n) is 2.00. The van der Waals surface area contributed by atoms with E-state index in [9.17, 15) is 0 Å². The first-order valence-electron chi connectivity index (χ1n) is 5.18.